The fourth-order valence-corrected chi connectivity index (χ4v) is 4.42. The van der Waals surface area contributed by atoms with E-state index in [0.29, 0.717) is 36.2 Å². The molecule has 0 spiro atoms. The fourth-order valence-electron chi connectivity index (χ4n) is 2.77. The molecule has 0 saturated carbocycles. The number of piperidine rings is 1. The molecule has 1 saturated heterocycles. The maximum Gasteiger partial charge on any atom is 0.243 e. The number of hydrogen-bond donors (Lipinski definition) is 1. The zero-order chi connectivity index (χ0) is 15.0. The summed E-state index contributed by atoms with van der Waals surface area (Å²) >= 11 is 0. The molecule has 2 N–H and O–H groups in total. The van der Waals surface area contributed by atoms with Crippen LogP contribution in [0.1, 0.15) is 18.4 Å². The molecule has 1 aromatic carbocycles. The van der Waals surface area contributed by atoms with E-state index in [2.05, 4.69) is 4.98 Å². The van der Waals surface area contributed by atoms with Gasteiger partial charge in [-0.3, -0.25) is 4.98 Å². The molecule has 6 heteroatoms. The number of aryl methyl sites for hydroxylation is 1. The Bertz CT molecular complexity index is 766. The van der Waals surface area contributed by atoms with Gasteiger partial charge in [-0.25, -0.2) is 8.42 Å². The van der Waals surface area contributed by atoms with E-state index in [4.69, 9.17) is 5.73 Å². The molecule has 2 heterocycles. The molecular formula is C15H19N3O2S. The van der Waals surface area contributed by atoms with Crippen molar-refractivity contribution in [1.29, 1.82) is 0 Å². The summed E-state index contributed by atoms with van der Waals surface area (Å²) < 4.78 is 27.3. The van der Waals surface area contributed by atoms with Gasteiger partial charge in [0.2, 0.25) is 10.0 Å². The molecule has 0 amide bonds. The number of nitrogens with zero attached hydrogens (tertiary/aromatic N) is 2. The molecule has 0 unspecified atom stereocenters. The van der Waals surface area contributed by atoms with Gasteiger partial charge in [0.1, 0.15) is 0 Å². The largest absolute Gasteiger partial charge is 0.328 e. The summed E-state index contributed by atoms with van der Waals surface area (Å²) in [6.07, 6.45) is 3.11. The molecule has 0 atom stereocenters. The van der Waals surface area contributed by atoms with Gasteiger partial charge in [-0.1, -0.05) is 6.07 Å². The Morgan fingerprint density at radius 1 is 1.24 bits per heavy atom. The molecule has 2 aromatic rings. The lowest BCUT2D eigenvalue weighted by atomic mass is 10.1. The van der Waals surface area contributed by atoms with Crippen LogP contribution in [0.5, 0.6) is 0 Å². The van der Waals surface area contributed by atoms with Crippen LogP contribution in [0, 0.1) is 6.92 Å². The molecule has 21 heavy (non-hydrogen) atoms. The normalized spacial score (nSPS) is 18.2. The van der Waals surface area contributed by atoms with Gasteiger partial charge < -0.3 is 5.73 Å². The Labute approximate surface area is 124 Å². The number of aromatic nitrogens is 1. The minimum Gasteiger partial charge on any atom is -0.328 e. The van der Waals surface area contributed by atoms with Gasteiger partial charge in [-0.15, -0.1) is 0 Å². The molecular weight excluding hydrogens is 286 g/mol. The van der Waals surface area contributed by atoms with Crippen LogP contribution in [-0.2, 0) is 10.0 Å². The summed E-state index contributed by atoms with van der Waals surface area (Å²) in [7, 11) is -3.49. The van der Waals surface area contributed by atoms with Crippen molar-refractivity contribution in [3.8, 4) is 0 Å². The molecule has 0 aliphatic carbocycles. The van der Waals surface area contributed by atoms with Crippen molar-refractivity contribution in [3.05, 3.63) is 36.0 Å². The van der Waals surface area contributed by atoms with Crippen LogP contribution >= 0.6 is 0 Å². The number of benzene rings is 1. The highest BCUT2D eigenvalue weighted by atomic mass is 32.2. The molecule has 1 aliphatic heterocycles. The molecule has 0 bridgehead atoms. The highest BCUT2D eigenvalue weighted by Crippen LogP contribution is 2.28. The van der Waals surface area contributed by atoms with Crippen molar-refractivity contribution >= 4 is 20.9 Å². The molecule has 112 valence electrons. The smallest absolute Gasteiger partial charge is 0.243 e. The van der Waals surface area contributed by atoms with E-state index in [9.17, 15) is 8.42 Å². The highest BCUT2D eigenvalue weighted by molar-refractivity contribution is 7.89. The van der Waals surface area contributed by atoms with E-state index in [1.54, 1.807) is 18.3 Å². The van der Waals surface area contributed by atoms with E-state index in [1.165, 1.54) is 4.31 Å². The molecule has 3 rings (SSSR count). The van der Waals surface area contributed by atoms with Gasteiger partial charge in [-0.2, -0.15) is 4.31 Å². The SMILES string of the molecule is Cc1ccc(S(=O)(=O)N2CCC(N)CC2)c2cccnc12. The Morgan fingerprint density at radius 3 is 2.67 bits per heavy atom. The summed E-state index contributed by atoms with van der Waals surface area (Å²) in [5, 5.41) is 0.687. The Morgan fingerprint density at radius 2 is 1.95 bits per heavy atom. The zero-order valence-corrected chi connectivity index (χ0v) is 12.8. The third kappa shape index (κ3) is 2.54. The van der Waals surface area contributed by atoms with Crippen molar-refractivity contribution < 1.29 is 8.42 Å². The minimum absolute atomic E-state index is 0.105. The van der Waals surface area contributed by atoms with Gasteiger partial charge >= 0.3 is 0 Å². The lowest BCUT2D eigenvalue weighted by molar-refractivity contribution is 0.320. The first-order valence-electron chi connectivity index (χ1n) is 7.10. The third-order valence-corrected chi connectivity index (χ3v) is 6.00. The number of sulfonamides is 1. The molecule has 1 fully saturated rings. The Hall–Kier alpha value is -1.50. The minimum atomic E-state index is -3.49. The zero-order valence-electron chi connectivity index (χ0n) is 12.0. The number of nitrogens with two attached hydrogens (primary N) is 1. The second-order valence-corrected chi connectivity index (χ2v) is 7.43. The van der Waals surface area contributed by atoms with Gasteiger partial charge in [-0.05, 0) is 43.5 Å². The lowest BCUT2D eigenvalue weighted by Crippen LogP contribution is -2.42. The first kappa shape index (κ1) is 14.4. The number of hydrogen-bond acceptors (Lipinski definition) is 4. The first-order chi connectivity index (χ1) is 10.00. The summed E-state index contributed by atoms with van der Waals surface area (Å²) in [5.41, 5.74) is 7.58. The van der Waals surface area contributed by atoms with Gasteiger partial charge in [0.15, 0.2) is 0 Å². The summed E-state index contributed by atoms with van der Waals surface area (Å²) in [6.45, 7) is 2.91. The average Bonchev–Trinajstić information content (AvgIpc) is 2.48. The topological polar surface area (TPSA) is 76.3 Å². The third-order valence-electron chi connectivity index (χ3n) is 4.05. The number of fused-ring (bicyclic) bond motifs is 1. The lowest BCUT2D eigenvalue weighted by Gasteiger charge is -2.29. The van der Waals surface area contributed by atoms with Crippen LogP contribution in [0.25, 0.3) is 10.9 Å². The molecule has 0 radical (unpaired) electrons. The van der Waals surface area contributed by atoms with Crippen LogP contribution in [0.15, 0.2) is 35.4 Å². The van der Waals surface area contributed by atoms with Crippen LogP contribution in [0.4, 0.5) is 0 Å². The highest BCUT2D eigenvalue weighted by Gasteiger charge is 2.29. The van der Waals surface area contributed by atoms with Crippen molar-refractivity contribution in [3.63, 3.8) is 0 Å². The number of pyridine rings is 1. The fraction of sp³-hybridized carbons (Fsp3) is 0.400. The van der Waals surface area contributed by atoms with E-state index in [0.717, 1.165) is 11.1 Å². The van der Waals surface area contributed by atoms with Crippen molar-refractivity contribution in [2.45, 2.75) is 30.7 Å². The number of rotatable bonds is 2. The van der Waals surface area contributed by atoms with Crippen LogP contribution in [-0.4, -0.2) is 36.8 Å². The summed E-state index contributed by atoms with van der Waals surface area (Å²) in [5.74, 6) is 0. The Balaban J connectivity index is 2.09. The van der Waals surface area contributed by atoms with Gasteiger partial charge in [0.05, 0.1) is 10.4 Å². The summed E-state index contributed by atoms with van der Waals surface area (Å²) in [4.78, 5) is 4.65. The quantitative estimate of drug-likeness (QED) is 0.915. The molecule has 1 aromatic heterocycles. The van der Waals surface area contributed by atoms with Gasteiger partial charge in [0.25, 0.3) is 0 Å². The molecule has 1 aliphatic rings. The maximum atomic E-state index is 12.9. The second-order valence-electron chi connectivity index (χ2n) is 5.52. The first-order valence-corrected chi connectivity index (χ1v) is 8.54. The monoisotopic (exact) mass is 305 g/mol. The maximum absolute atomic E-state index is 12.9. The van der Waals surface area contributed by atoms with Gasteiger partial charge in [0, 0.05) is 30.7 Å². The van der Waals surface area contributed by atoms with Crippen molar-refractivity contribution in [2.24, 2.45) is 5.73 Å². The predicted molar refractivity (Wildman–Crippen MR) is 82.4 cm³/mol. The molecule has 5 nitrogen and oxygen atoms in total. The van der Waals surface area contributed by atoms with E-state index in [1.807, 2.05) is 19.1 Å². The van der Waals surface area contributed by atoms with Crippen LogP contribution in [0.2, 0.25) is 0 Å². The average molecular weight is 305 g/mol. The van der Waals surface area contributed by atoms with E-state index >= 15 is 0 Å². The summed E-state index contributed by atoms with van der Waals surface area (Å²) in [6, 6.07) is 7.19. The van der Waals surface area contributed by atoms with Crippen molar-refractivity contribution in [2.75, 3.05) is 13.1 Å². The predicted octanol–water partition coefficient (Wildman–Crippen LogP) is 1.66. The standard InChI is InChI=1S/C15H19N3O2S/c1-11-4-5-14(13-3-2-8-17-15(11)13)21(19,20)18-9-6-12(16)7-10-18/h2-5,8,12H,6-7,9-10,16H2,1H3. The van der Waals surface area contributed by atoms with Crippen molar-refractivity contribution in [1.82, 2.24) is 9.29 Å². The Kier molecular flexibility index (Phi) is 3.69. The van der Waals surface area contributed by atoms with E-state index in [-0.39, 0.29) is 6.04 Å². The van der Waals surface area contributed by atoms with E-state index < -0.39 is 10.0 Å². The van der Waals surface area contributed by atoms with Crippen LogP contribution in [0.3, 0.4) is 0 Å². The van der Waals surface area contributed by atoms with Crippen LogP contribution < -0.4 is 5.73 Å². The second kappa shape index (κ2) is 5.36.